The van der Waals surface area contributed by atoms with Crippen molar-refractivity contribution in [2.75, 3.05) is 13.2 Å². The maximum absolute atomic E-state index is 12.4. The lowest BCUT2D eigenvalue weighted by atomic mass is 9.97. The molecular weight excluding hydrogens is 356 g/mol. The quantitative estimate of drug-likeness (QED) is 0.759. The van der Waals surface area contributed by atoms with Crippen LogP contribution in [-0.2, 0) is 19.6 Å². The van der Waals surface area contributed by atoms with Gasteiger partial charge in [-0.25, -0.2) is 17.9 Å². The summed E-state index contributed by atoms with van der Waals surface area (Å²) in [5, 5.41) is 0. The van der Waals surface area contributed by atoms with Crippen molar-refractivity contribution in [3.05, 3.63) is 29.8 Å². The van der Waals surface area contributed by atoms with Gasteiger partial charge in [0.2, 0.25) is 10.0 Å². The first-order chi connectivity index (χ1) is 12.3. The van der Waals surface area contributed by atoms with Gasteiger partial charge in [-0.05, 0) is 57.4 Å². The largest absolute Gasteiger partial charge is 0.452 e. The third-order valence-electron chi connectivity index (χ3n) is 4.54. The van der Waals surface area contributed by atoms with Gasteiger partial charge >= 0.3 is 5.97 Å². The van der Waals surface area contributed by atoms with Crippen molar-refractivity contribution in [3.8, 4) is 0 Å². The Kier molecular flexibility index (Phi) is 6.77. The summed E-state index contributed by atoms with van der Waals surface area (Å²) in [5.74, 6) is -0.854. The zero-order valence-corrected chi connectivity index (χ0v) is 16.2. The van der Waals surface area contributed by atoms with Crippen molar-refractivity contribution in [1.82, 2.24) is 9.62 Å². The molecule has 1 aliphatic rings. The second kappa shape index (κ2) is 8.64. The van der Waals surface area contributed by atoms with Crippen molar-refractivity contribution < 1.29 is 22.7 Å². The SMILES string of the molecule is CCNS(=O)(=O)c1ccc(C(=O)OCC(=O)N2[C@@H](C)CCC[C@@H]2C)cc1. The van der Waals surface area contributed by atoms with Gasteiger partial charge in [0.1, 0.15) is 0 Å². The lowest BCUT2D eigenvalue weighted by Gasteiger charge is -2.38. The third-order valence-corrected chi connectivity index (χ3v) is 6.10. The number of carbonyl (C=O) groups is 2. The van der Waals surface area contributed by atoms with Gasteiger partial charge in [-0.2, -0.15) is 0 Å². The maximum Gasteiger partial charge on any atom is 0.338 e. The van der Waals surface area contributed by atoms with E-state index in [1.54, 1.807) is 11.8 Å². The first-order valence-electron chi connectivity index (χ1n) is 8.84. The molecule has 0 saturated carbocycles. The fraction of sp³-hybridized carbons (Fsp3) is 0.556. The number of hydrogen-bond donors (Lipinski definition) is 1. The van der Waals surface area contributed by atoms with Gasteiger partial charge in [0.15, 0.2) is 6.61 Å². The van der Waals surface area contributed by atoms with Crippen LogP contribution >= 0.6 is 0 Å². The first kappa shape index (κ1) is 20.4. The highest BCUT2D eigenvalue weighted by atomic mass is 32.2. The number of carbonyl (C=O) groups excluding carboxylic acids is 2. The van der Waals surface area contributed by atoms with Crippen LogP contribution in [0.3, 0.4) is 0 Å². The van der Waals surface area contributed by atoms with Crippen LogP contribution in [0.4, 0.5) is 0 Å². The normalized spacial score (nSPS) is 20.7. The van der Waals surface area contributed by atoms with Gasteiger partial charge in [-0.3, -0.25) is 4.79 Å². The van der Waals surface area contributed by atoms with E-state index < -0.39 is 16.0 Å². The molecule has 1 amide bonds. The second-order valence-corrected chi connectivity index (χ2v) is 8.30. The van der Waals surface area contributed by atoms with E-state index in [0.29, 0.717) is 0 Å². The fourth-order valence-corrected chi connectivity index (χ4v) is 4.28. The Morgan fingerprint density at radius 3 is 2.27 bits per heavy atom. The molecule has 0 radical (unpaired) electrons. The summed E-state index contributed by atoms with van der Waals surface area (Å²) in [6, 6.07) is 5.71. The molecule has 1 saturated heterocycles. The molecule has 2 atom stereocenters. The molecule has 8 heteroatoms. The van der Waals surface area contributed by atoms with Gasteiger partial charge in [0.05, 0.1) is 10.5 Å². The number of likely N-dealkylation sites (tertiary alicyclic amines) is 1. The van der Waals surface area contributed by atoms with E-state index in [9.17, 15) is 18.0 Å². The maximum atomic E-state index is 12.4. The standard InChI is InChI=1S/C18H26N2O5S/c1-4-19-26(23,24)16-10-8-15(9-11-16)18(22)25-12-17(21)20-13(2)6-5-7-14(20)3/h8-11,13-14,19H,4-7,12H2,1-3H3/t13-,14-/m0/s1. The average molecular weight is 382 g/mol. The number of piperidine rings is 1. The predicted octanol–water partition coefficient (Wildman–Crippen LogP) is 1.93. The van der Waals surface area contributed by atoms with Gasteiger partial charge in [-0.1, -0.05) is 6.92 Å². The van der Waals surface area contributed by atoms with Crippen LogP contribution in [0.2, 0.25) is 0 Å². The summed E-state index contributed by atoms with van der Waals surface area (Å²) in [6.45, 7) is 5.65. The van der Waals surface area contributed by atoms with E-state index in [1.165, 1.54) is 24.3 Å². The number of esters is 1. The molecule has 144 valence electrons. The van der Waals surface area contributed by atoms with Crippen molar-refractivity contribution in [1.29, 1.82) is 0 Å². The Labute approximate surface area is 154 Å². The summed E-state index contributed by atoms with van der Waals surface area (Å²) >= 11 is 0. The Morgan fingerprint density at radius 1 is 1.15 bits per heavy atom. The van der Waals surface area contributed by atoms with E-state index in [2.05, 4.69) is 4.72 Å². The van der Waals surface area contributed by atoms with E-state index in [0.717, 1.165) is 19.3 Å². The van der Waals surface area contributed by atoms with Crippen molar-refractivity contribution >= 4 is 21.9 Å². The molecule has 0 aliphatic carbocycles. The van der Waals surface area contributed by atoms with E-state index >= 15 is 0 Å². The van der Waals surface area contributed by atoms with Crippen molar-refractivity contribution in [3.63, 3.8) is 0 Å². The number of nitrogens with zero attached hydrogens (tertiary/aromatic N) is 1. The molecule has 1 N–H and O–H groups in total. The zero-order valence-electron chi connectivity index (χ0n) is 15.4. The predicted molar refractivity (Wildman–Crippen MR) is 97.2 cm³/mol. The topological polar surface area (TPSA) is 92.8 Å². The lowest BCUT2D eigenvalue weighted by molar-refractivity contribution is -0.140. The monoisotopic (exact) mass is 382 g/mol. The molecule has 1 aliphatic heterocycles. The van der Waals surface area contributed by atoms with Crippen LogP contribution in [0, 0.1) is 0 Å². The first-order valence-corrected chi connectivity index (χ1v) is 10.3. The molecule has 1 aromatic rings. The van der Waals surface area contributed by atoms with Crippen molar-refractivity contribution in [2.24, 2.45) is 0 Å². The average Bonchev–Trinajstić information content (AvgIpc) is 2.59. The van der Waals surface area contributed by atoms with E-state index in [4.69, 9.17) is 4.74 Å². The Balaban J connectivity index is 1.96. The molecule has 26 heavy (non-hydrogen) atoms. The van der Waals surface area contributed by atoms with Crippen LogP contribution in [-0.4, -0.2) is 50.4 Å². The number of sulfonamides is 1. The minimum absolute atomic E-state index is 0.0722. The fourth-order valence-electron chi connectivity index (χ4n) is 3.24. The molecule has 0 aromatic heterocycles. The van der Waals surface area contributed by atoms with Crippen LogP contribution in [0.15, 0.2) is 29.2 Å². The molecule has 1 fully saturated rings. The molecule has 0 bridgehead atoms. The minimum Gasteiger partial charge on any atom is -0.452 e. The van der Waals surface area contributed by atoms with Gasteiger partial charge in [0.25, 0.3) is 5.91 Å². The summed E-state index contributed by atoms with van der Waals surface area (Å²) in [6.07, 6.45) is 2.99. The third kappa shape index (κ3) is 4.82. The van der Waals surface area contributed by atoms with Crippen LogP contribution in [0.1, 0.15) is 50.4 Å². The minimum atomic E-state index is -3.57. The number of benzene rings is 1. The zero-order chi connectivity index (χ0) is 19.3. The second-order valence-electron chi connectivity index (χ2n) is 6.53. The highest BCUT2D eigenvalue weighted by molar-refractivity contribution is 7.89. The molecular formula is C18H26N2O5S. The highest BCUT2D eigenvalue weighted by Gasteiger charge is 2.29. The van der Waals surface area contributed by atoms with Crippen LogP contribution in [0.5, 0.6) is 0 Å². The van der Waals surface area contributed by atoms with Gasteiger partial charge < -0.3 is 9.64 Å². The molecule has 1 heterocycles. The van der Waals surface area contributed by atoms with Gasteiger partial charge in [0, 0.05) is 18.6 Å². The Morgan fingerprint density at radius 2 is 1.73 bits per heavy atom. The highest BCUT2D eigenvalue weighted by Crippen LogP contribution is 2.22. The number of hydrogen-bond acceptors (Lipinski definition) is 5. The number of nitrogens with one attached hydrogen (secondary N) is 1. The number of amides is 1. The molecule has 1 aromatic carbocycles. The smallest absolute Gasteiger partial charge is 0.338 e. The number of ether oxygens (including phenoxy) is 1. The molecule has 7 nitrogen and oxygen atoms in total. The Bertz CT molecular complexity index is 735. The lowest BCUT2D eigenvalue weighted by Crippen LogP contribution is -2.49. The summed E-state index contributed by atoms with van der Waals surface area (Å²) < 4.78 is 31.3. The summed E-state index contributed by atoms with van der Waals surface area (Å²) in [5.41, 5.74) is 0.202. The summed E-state index contributed by atoms with van der Waals surface area (Å²) in [7, 11) is -3.57. The summed E-state index contributed by atoms with van der Waals surface area (Å²) in [4.78, 5) is 26.3. The van der Waals surface area contributed by atoms with Gasteiger partial charge in [-0.15, -0.1) is 0 Å². The molecule has 0 spiro atoms. The Hall–Kier alpha value is -1.93. The van der Waals surface area contributed by atoms with Crippen LogP contribution < -0.4 is 4.72 Å². The molecule has 2 rings (SSSR count). The van der Waals surface area contributed by atoms with E-state index in [-0.39, 0.29) is 41.6 Å². The van der Waals surface area contributed by atoms with Crippen LogP contribution in [0.25, 0.3) is 0 Å². The molecule has 0 unspecified atom stereocenters. The van der Waals surface area contributed by atoms with Crippen molar-refractivity contribution in [2.45, 2.75) is 57.0 Å². The van der Waals surface area contributed by atoms with E-state index in [1.807, 2.05) is 13.8 Å². The number of rotatable bonds is 6.